The smallest absolute Gasteiger partial charge is 0.183 e. The van der Waals surface area contributed by atoms with E-state index in [-0.39, 0.29) is 6.04 Å². The third-order valence-corrected chi connectivity index (χ3v) is 7.01. The van der Waals surface area contributed by atoms with Crippen molar-refractivity contribution >= 4 is 18.0 Å². The summed E-state index contributed by atoms with van der Waals surface area (Å²) >= 11 is 0. The number of benzene rings is 1. The molecule has 0 bridgehead atoms. The lowest BCUT2D eigenvalue weighted by atomic mass is 10.1. The van der Waals surface area contributed by atoms with Crippen LogP contribution in [0.15, 0.2) is 45.7 Å². The lowest BCUT2D eigenvalue weighted by Crippen LogP contribution is -2.32. The molecule has 0 aliphatic carbocycles. The molecule has 136 valence electrons. The highest BCUT2D eigenvalue weighted by atomic mass is 32.2. The lowest BCUT2D eigenvalue weighted by Gasteiger charge is -2.24. The normalized spacial score (nSPS) is 16.3. The van der Waals surface area contributed by atoms with E-state index in [1.165, 1.54) is 0 Å². The van der Waals surface area contributed by atoms with Crippen LogP contribution >= 0.6 is 0 Å². The van der Waals surface area contributed by atoms with Crippen molar-refractivity contribution < 1.29 is 8.63 Å². The summed E-state index contributed by atoms with van der Waals surface area (Å²) in [6.07, 6.45) is 3.88. The molecule has 1 aromatic carbocycles. The van der Waals surface area contributed by atoms with Crippen molar-refractivity contribution in [3.63, 3.8) is 0 Å². The number of hydrogen-bond donors (Lipinski definition) is 0. The van der Waals surface area contributed by atoms with Crippen LogP contribution in [0.1, 0.15) is 26.3 Å². The molecule has 1 aromatic rings. The van der Waals surface area contributed by atoms with Gasteiger partial charge in [-0.1, -0.05) is 43.7 Å². The monoisotopic (exact) mass is 367 g/mol. The molecule has 1 unspecified atom stereocenters. The standard InChI is InChI=1S/C19H33NO2SSi/c1-8-9-14-23(21,18-12-10-17(4)11-13-18)20-19(16(2)3)15-22-24(5,6)7/h8-13,16,19H,14-15H2,1-7H3/b9-8+/t19-,23?/m0/s1. The van der Waals surface area contributed by atoms with E-state index in [9.17, 15) is 4.21 Å². The van der Waals surface area contributed by atoms with Crippen molar-refractivity contribution in [1.29, 1.82) is 0 Å². The van der Waals surface area contributed by atoms with Crippen LogP contribution < -0.4 is 0 Å². The van der Waals surface area contributed by atoms with Gasteiger partial charge >= 0.3 is 0 Å². The Morgan fingerprint density at radius 2 is 1.79 bits per heavy atom. The molecule has 0 spiro atoms. The highest BCUT2D eigenvalue weighted by Gasteiger charge is 2.22. The predicted octanol–water partition coefficient (Wildman–Crippen LogP) is 5.27. The molecule has 5 heteroatoms. The number of rotatable bonds is 8. The Hall–Kier alpha value is -0.913. The molecule has 2 atom stereocenters. The average Bonchev–Trinajstić information content (AvgIpc) is 2.49. The van der Waals surface area contributed by atoms with Crippen molar-refractivity contribution in [2.24, 2.45) is 10.3 Å². The molecule has 24 heavy (non-hydrogen) atoms. The second-order valence-electron chi connectivity index (χ2n) is 7.53. The van der Waals surface area contributed by atoms with Crippen LogP contribution in [-0.2, 0) is 14.2 Å². The molecule has 0 aromatic heterocycles. The van der Waals surface area contributed by atoms with Gasteiger partial charge in [0.2, 0.25) is 0 Å². The summed E-state index contributed by atoms with van der Waals surface area (Å²) < 4.78 is 24.5. The molecule has 0 fully saturated rings. The van der Waals surface area contributed by atoms with Gasteiger partial charge in [0.1, 0.15) is 0 Å². The van der Waals surface area contributed by atoms with E-state index in [2.05, 4.69) is 33.5 Å². The van der Waals surface area contributed by atoms with E-state index < -0.39 is 18.0 Å². The van der Waals surface area contributed by atoms with E-state index in [1.807, 2.05) is 50.3 Å². The van der Waals surface area contributed by atoms with Gasteiger partial charge in [-0.3, -0.25) is 0 Å². The summed E-state index contributed by atoms with van der Waals surface area (Å²) in [5.74, 6) is 0.737. The summed E-state index contributed by atoms with van der Waals surface area (Å²) in [5, 5.41) is 0. The van der Waals surface area contributed by atoms with Gasteiger partial charge < -0.3 is 4.43 Å². The molecule has 0 N–H and O–H groups in total. The Morgan fingerprint density at radius 3 is 2.25 bits per heavy atom. The Bertz CT molecular complexity index is 651. The second-order valence-corrected chi connectivity index (χ2v) is 14.3. The molecule has 0 heterocycles. The van der Waals surface area contributed by atoms with Gasteiger partial charge in [0.15, 0.2) is 8.32 Å². The van der Waals surface area contributed by atoms with E-state index in [4.69, 9.17) is 8.79 Å². The minimum atomic E-state index is -2.48. The summed E-state index contributed by atoms with van der Waals surface area (Å²) in [4.78, 5) is 0.810. The van der Waals surface area contributed by atoms with Crippen LogP contribution in [0.4, 0.5) is 0 Å². The quantitative estimate of drug-likeness (QED) is 0.463. The van der Waals surface area contributed by atoms with Gasteiger partial charge in [-0.2, -0.15) is 0 Å². The zero-order valence-electron chi connectivity index (χ0n) is 16.2. The molecule has 0 aliphatic heterocycles. The minimum Gasteiger partial charge on any atom is -0.415 e. The Kier molecular flexibility index (Phi) is 7.90. The van der Waals surface area contributed by atoms with Gasteiger partial charge in [0.25, 0.3) is 0 Å². The molecule has 0 saturated carbocycles. The van der Waals surface area contributed by atoms with Gasteiger partial charge in [0, 0.05) is 4.90 Å². The van der Waals surface area contributed by atoms with Gasteiger partial charge in [-0.15, -0.1) is 0 Å². The van der Waals surface area contributed by atoms with E-state index in [0.717, 1.165) is 10.5 Å². The topological polar surface area (TPSA) is 38.7 Å². The number of allylic oxidation sites excluding steroid dienone is 1. The third-order valence-electron chi connectivity index (χ3n) is 3.71. The highest BCUT2D eigenvalue weighted by Crippen LogP contribution is 2.20. The SMILES string of the molecule is C/C=C/CS(=O)(=N[C@@H](CO[Si](C)(C)C)C(C)C)c1ccc(C)cc1. The van der Waals surface area contributed by atoms with Crippen LogP contribution in [0.5, 0.6) is 0 Å². The summed E-state index contributed by atoms with van der Waals surface area (Å²) in [5.41, 5.74) is 1.16. The largest absolute Gasteiger partial charge is 0.415 e. The maximum Gasteiger partial charge on any atom is 0.183 e. The summed E-state index contributed by atoms with van der Waals surface area (Å²) in [6, 6.07) is 7.84. The van der Waals surface area contributed by atoms with Crippen LogP contribution in [0.2, 0.25) is 19.6 Å². The van der Waals surface area contributed by atoms with Crippen LogP contribution in [-0.4, -0.2) is 30.9 Å². The minimum absolute atomic E-state index is 0.0595. The maximum atomic E-state index is 13.6. The summed E-state index contributed by atoms with van der Waals surface area (Å²) in [7, 11) is -4.11. The number of hydrogen-bond acceptors (Lipinski definition) is 3. The zero-order chi connectivity index (χ0) is 18.4. The third kappa shape index (κ3) is 6.91. The molecule has 0 amide bonds. The van der Waals surface area contributed by atoms with Gasteiger partial charge in [-0.25, -0.2) is 8.57 Å². The van der Waals surface area contributed by atoms with E-state index >= 15 is 0 Å². The van der Waals surface area contributed by atoms with Crippen LogP contribution in [0.3, 0.4) is 0 Å². The molecule has 0 radical (unpaired) electrons. The van der Waals surface area contributed by atoms with Crippen LogP contribution in [0.25, 0.3) is 0 Å². The van der Waals surface area contributed by atoms with Crippen molar-refractivity contribution in [2.45, 2.75) is 58.3 Å². The Balaban J connectivity index is 3.26. The molecule has 0 aliphatic rings. The fourth-order valence-electron chi connectivity index (χ4n) is 2.08. The molecule has 1 rings (SSSR count). The molecular formula is C19H33NO2SSi. The van der Waals surface area contributed by atoms with Gasteiger partial charge in [-0.05, 0) is 51.5 Å². The first-order chi connectivity index (χ1) is 11.1. The lowest BCUT2D eigenvalue weighted by molar-refractivity contribution is 0.256. The first kappa shape index (κ1) is 21.1. The van der Waals surface area contributed by atoms with Gasteiger partial charge in [0.05, 0.1) is 28.1 Å². The average molecular weight is 368 g/mol. The van der Waals surface area contributed by atoms with E-state index in [0.29, 0.717) is 18.3 Å². The number of nitrogens with zero attached hydrogens (tertiary/aromatic N) is 1. The van der Waals surface area contributed by atoms with Crippen molar-refractivity contribution in [1.82, 2.24) is 0 Å². The Morgan fingerprint density at radius 1 is 1.21 bits per heavy atom. The van der Waals surface area contributed by atoms with Crippen molar-refractivity contribution in [3.8, 4) is 0 Å². The molecule has 3 nitrogen and oxygen atoms in total. The Labute approximate surface area is 149 Å². The first-order valence-electron chi connectivity index (χ1n) is 8.63. The molecular weight excluding hydrogens is 334 g/mol. The second kappa shape index (κ2) is 8.97. The first-order valence-corrected chi connectivity index (χ1v) is 13.7. The fourth-order valence-corrected chi connectivity index (χ4v) is 4.90. The zero-order valence-corrected chi connectivity index (χ0v) is 18.0. The predicted molar refractivity (Wildman–Crippen MR) is 108 cm³/mol. The number of aryl methyl sites for hydroxylation is 1. The molecule has 0 saturated heterocycles. The van der Waals surface area contributed by atoms with Crippen LogP contribution in [0, 0.1) is 12.8 Å². The fraction of sp³-hybridized carbons (Fsp3) is 0.579. The van der Waals surface area contributed by atoms with Crippen molar-refractivity contribution in [2.75, 3.05) is 12.4 Å². The van der Waals surface area contributed by atoms with Crippen molar-refractivity contribution in [3.05, 3.63) is 42.0 Å². The highest BCUT2D eigenvalue weighted by molar-refractivity contribution is 7.93. The summed E-state index contributed by atoms with van der Waals surface area (Å²) in [6.45, 7) is 15.3. The maximum absolute atomic E-state index is 13.6. The van der Waals surface area contributed by atoms with E-state index in [1.54, 1.807) is 0 Å².